The van der Waals surface area contributed by atoms with Crippen molar-refractivity contribution in [1.29, 1.82) is 5.26 Å². The van der Waals surface area contributed by atoms with E-state index in [2.05, 4.69) is 38.1 Å². The van der Waals surface area contributed by atoms with E-state index in [4.69, 9.17) is 5.26 Å². The molecule has 0 radical (unpaired) electrons. The van der Waals surface area contributed by atoms with Crippen LogP contribution in [0.4, 0.5) is 11.4 Å². The van der Waals surface area contributed by atoms with E-state index in [1.165, 1.54) is 11.1 Å². The number of aliphatic hydroxyl groups is 1. The lowest BCUT2D eigenvalue weighted by molar-refractivity contribution is 0.200. The summed E-state index contributed by atoms with van der Waals surface area (Å²) in [7, 11) is 1.95. The van der Waals surface area contributed by atoms with Gasteiger partial charge in [0.2, 0.25) is 0 Å². The smallest absolute Gasteiger partial charge is 0.0992 e. The van der Waals surface area contributed by atoms with Gasteiger partial charge in [-0.25, -0.2) is 0 Å². The number of rotatable bonds is 3. The molecule has 0 bridgehead atoms. The van der Waals surface area contributed by atoms with Crippen LogP contribution < -0.4 is 4.90 Å². The zero-order chi connectivity index (χ0) is 15.6. The second kappa shape index (κ2) is 5.99. The minimum Gasteiger partial charge on any atom is -0.389 e. The number of nitrogens with zero attached hydrogens (tertiary/aromatic N) is 2. The molecule has 0 amide bonds. The lowest BCUT2D eigenvalue weighted by atomic mass is 10.0. The Balaban J connectivity index is 2.56. The van der Waals surface area contributed by atoms with Gasteiger partial charge in [0.1, 0.15) is 0 Å². The van der Waals surface area contributed by atoms with Crippen molar-refractivity contribution in [2.24, 2.45) is 0 Å². The number of benzene rings is 2. The topological polar surface area (TPSA) is 47.3 Å². The summed E-state index contributed by atoms with van der Waals surface area (Å²) in [6, 6.07) is 13.8. The Bertz CT molecular complexity index is 679. The Morgan fingerprint density at radius 2 is 1.71 bits per heavy atom. The quantitative estimate of drug-likeness (QED) is 0.924. The van der Waals surface area contributed by atoms with Crippen molar-refractivity contribution in [3.05, 3.63) is 58.7 Å². The monoisotopic (exact) mass is 280 g/mol. The number of aryl methyl sites for hydroxylation is 2. The van der Waals surface area contributed by atoms with Gasteiger partial charge in [-0.15, -0.1) is 0 Å². The molecule has 0 aliphatic heterocycles. The van der Waals surface area contributed by atoms with Crippen LogP contribution in [0.15, 0.2) is 36.4 Å². The molecular weight excluding hydrogens is 260 g/mol. The first-order valence-corrected chi connectivity index (χ1v) is 6.96. The van der Waals surface area contributed by atoms with Crippen molar-refractivity contribution in [2.45, 2.75) is 26.9 Å². The first-order chi connectivity index (χ1) is 9.92. The van der Waals surface area contributed by atoms with Gasteiger partial charge in [-0.2, -0.15) is 5.26 Å². The third-order valence-corrected chi connectivity index (χ3v) is 3.56. The normalized spacial score (nSPS) is 11.8. The number of aliphatic hydroxyl groups excluding tert-OH is 1. The SMILES string of the molecule is Cc1cc(C)cc(N(C)c2cc(C#N)ccc2[C@H](C)O)c1. The highest BCUT2D eigenvalue weighted by atomic mass is 16.3. The predicted octanol–water partition coefficient (Wildman–Crippen LogP) is 4.00. The Morgan fingerprint density at radius 3 is 2.24 bits per heavy atom. The summed E-state index contributed by atoms with van der Waals surface area (Å²) in [5.74, 6) is 0. The Hall–Kier alpha value is -2.31. The van der Waals surface area contributed by atoms with Crippen molar-refractivity contribution in [1.82, 2.24) is 0 Å². The van der Waals surface area contributed by atoms with E-state index in [1.807, 2.05) is 24.1 Å². The van der Waals surface area contributed by atoms with Crippen LogP contribution >= 0.6 is 0 Å². The Labute approximate surface area is 126 Å². The summed E-state index contributed by atoms with van der Waals surface area (Å²) < 4.78 is 0. The summed E-state index contributed by atoms with van der Waals surface area (Å²) in [6.45, 7) is 5.86. The standard InChI is InChI=1S/C18H20N2O/c1-12-7-13(2)9-16(8-12)20(4)18-10-15(11-19)5-6-17(18)14(3)21/h5-10,14,21H,1-4H3/t14-/m0/s1. The Kier molecular flexibility index (Phi) is 4.30. The average molecular weight is 280 g/mol. The van der Waals surface area contributed by atoms with Gasteiger partial charge in [0, 0.05) is 24.0 Å². The Morgan fingerprint density at radius 1 is 1.10 bits per heavy atom. The fourth-order valence-corrected chi connectivity index (χ4v) is 2.54. The van der Waals surface area contributed by atoms with Gasteiger partial charge >= 0.3 is 0 Å². The molecular formula is C18H20N2O. The lowest BCUT2D eigenvalue weighted by Gasteiger charge is -2.25. The molecule has 0 spiro atoms. The van der Waals surface area contributed by atoms with Crippen LogP contribution in [0.3, 0.4) is 0 Å². The van der Waals surface area contributed by atoms with E-state index in [1.54, 1.807) is 13.0 Å². The first kappa shape index (κ1) is 15.1. The summed E-state index contributed by atoms with van der Waals surface area (Å²) in [6.07, 6.45) is -0.582. The molecule has 0 unspecified atom stereocenters. The minimum absolute atomic E-state index is 0.582. The van der Waals surface area contributed by atoms with Gasteiger partial charge in [0.05, 0.1) is 17.7 Å². The predicted molar refractivity (Wildman–Crippen MR) is 85.8 cm³/mol. The zero-order valence-corrected chi connectivity index (χ0v) is 12.9. The molecule has 2 aromatic rings. The number of hydrogen-bond donors (Lipinski definition) is 1. The van der Waals surface area contributed by atoms with E-state index in [-0.39, 0.29) is 0 Å². The van der Waals surface area contributed by atoms with Gasteiger partial charge in [-0.3, -0.25) is 0 Å². The number of anilines is 2. The molecule has 21 heavy (non-hydrogen) atoms. The molecule has 2 rings (SSSR count). The molecule has 1 N–H and O–H groups in total. The number of nitriles is 1. The van der Waals surface area contributed by atoms with Crippen molar-refractivity contribution >= 4 is 11.4 Å². The molecule has 3 nitrogen and oxygen atoms in total. The van der Waals surface area contributed by atoms with Gasteiger partial charge in [-0.1, -0.05) is 12.1 Å². The molecule has 3 heteroatoms. The van der Waals surface area contributed by atoms with E-state index in [0.717, 1.165) is 16.9 Å². The fourth-order valence-electron chi connectivity index (χ4n) is 2.54. The van der Waals surface area contributed by atoms with Crippen LogP contribution in [-0.2, 0) is 0 Å². The average Bonchev–Trinajstić information content (AvgIpc) is 2.44. The maximum atomic E-state index is 9.96. The molecule has 0 saturated heterocycles. The molecule has 1 atom stereocenters. The van der Waals surface area contributed by atoms with Gasteiger partial charge in [0.15, 0.2) is 0 Å². The van der Waals surface area contributed by atoms with Crippen LogP contribution in [0.2, 0.25) is 0 Å². The molecule has 108 valence electrons. The van der Waals surface area contributed by atoms with Crippen LogP contribution in [0.25, 0.3) is 0 Å². The maximum absolute atomic E-state index is 9.96. The maximum Gasteiger partial charge on any atom is 0.0992 e. The van der Waals surface area contributed by atoms with Crippen molar-refractivity contribution in [3.63, 3.8) is 0 Å². The van der Waals surface area contributed by atoms with Crippen LogP contribution in [-0.4, -0.2) is 12.2 Å². The second-order valence-electron chi connectivity index (χ2n) is 5.47. The van der Waals surface area contributed by atoms with E-state index in [9.17, 15) is 5.11 Å². The molecule has 0 aliphatic carbocycles. The summed E-state index contributed by atoms with van der Waals surface area (Å²) in [5.41, 5.74) is 5.68. The molecule has 2 aromatic carbocycles. The lowest BCUT2D eigenvalue weighted by Crippen LogP contribution is -2.13. The fraction of sp³-hybridized carbons (Fsp3) is 0.278. The van der Waals surface area contributed by atoms with Gasteiger partial charge in [0.25, 0.3) is 0 Å². The largest absolute Gasteiger partial charge is 0.389 e. The third kappa shape index (κ3) is 3.24. The molecule has 0 aromatic heterocycles. The highest BCUT2D eigenvalue weighted by Crippen LogP contribution is 2.32. The highest BCUT2D eigenvalue weighted by Gasteiger charge is 2.14. The first-order valence-electron chi connectivity index (χ1n) is 6.96. The summed E-state index contributed by atoms with van der Waals surface area (Å²) in [4.78, 5) is 2.02. The third-order valence-electron chi connectivity index (χ3n) is 3.56. The van der Waals surface area contributed by atoms with Gasteiger partial charge in [-0.05, 0) is 56.2 Å². The van der Waals surface area contributed by atoms with Crippen molar-refractivity contribution in [2.75, 3.05) is 11.9 Å². The summed E-state index contributed by atoms with van der Waals surface area (Å²) >= 11 is 0. The minimum atomic E-state index is -0.582. The van der Waals surface area contributed by atoms with Crippen LogP contribution in [0.5, 0.6) is 0 Å². The molecule has 0 heterocycles. The van der Waals surface area contributed by atoms with Crippen molar-refractivity contribution < 1.29 is 5.11 Å². The van der Waals surface area contributed by atoms with Crippen LogP contribution in [0, 0.1) is 25.2 Å². The molecule has 0 aliphatic rings. The van der Waals surface area contributed by atoms with E-state index < -0.39 is 6.10 Å². The van der Waals surface area contributed by atoms with Crippen molar-refractivity contribution in [3.8, 4) is 6.07 Å². The van der Waals surface area contributed by atoms with E-state index >= 15 is 0 Å². The second-order valence-corrected chi connectivity index (χ2v) is 5.47. The zero-order valence-electron chi connectivity index (χ0n) is 12.9. The molecule has 0 saturated carbocycles. The highest BCUT2D eigenvalue weighted by molar-refractivity contribution is 5.69. The number of hydrogen-bond acceptors (Lipinski definition) is 3. The summed E-state index contributed by atoms with van der Waals surface area (Å²) in [5, 5.41) is 19.1. The van der Waals surface area contributed by atoms with E-state index in [0.29, 0.717) is 5.56 Å². The molecule has 0 fully saturated rings. The van der Waals surface area contributed by atoms with Gasteiger partial charge < -0.3 is 10.0 Å². The van der Waals surface area contributed by atoms with Crippen LogP contribution in [0.1, 0.15) is 35.3 Å².